The third-order valence-electron chi connectivity index (χ3n) is 2.30. The van der Waals surface area contributed by atoms with Crippen molar-refractivity contribution in [2.24, 2.45) is 0 Å². The number of hydrogen-bond acceptors (Lipinski definition) is 3. The van der Waals surface area contributed by atoms with Gasteiger partial charge in [0.05, 0.1) is 6.54 Å². The molecule has 1 aliphatic rings. The number of nitrogens with one attached hydrogen (secondary N) is 1. The van der Waals surface area contributed by atoms with Gasteiger partial charge in [0, 0.05) is 25.2 Å². The zero-order chi connectivity index (χ0) is 9.19. The Kier molecular flexibility index (Phi) is 2.69. The van der Waals surface area contributed by atoms with Gasteiger partial charge in [0.2, 0.25) is 0 Å². The summed E-state index contributed by atoms with van der Waals surface area (Å²) in [4.78, 5) is 12.5. The van der Waals surface area contributed by atoms with Crippen molar-refractivity contribution in [2.75, 3.05) is 26.2 Å². The lowest BCUT2D eigenvalue weighted by molar-refractivity contribution is -0.140. The van der Waals surface area contributed by atoms with Crippen LogP contribution in [0.3, 0.4) is 0 Å². The molecule has 0 atom stereocenters. The largest absolute Gasteiger partial charge is 0.480 e. The molecular weight excluding hydrogens is 156 g/mol. The molecule has 1 rings (SSSR count). The molecule has 0 unspecified atom stereocenters. The van der Waals surface area contributed by atoms with E-state index in [1.54, 1.807) is 0 Å². The van der Waals surface area contributed by atoms with Gasteiger partial charge < -0.3 is 10.4 Å². The van der Waals surface area contributed by atoms with Crippen LogP contribution in [0.25, 0.3) is 0 Å². The monoisotopic (exact) mass is 172 g/mol. The molecule has 1 saturated heterocycles. The first-order valence-electron chi connectivity index (χ1n) is 4.20. The number of carboxylic acid groups (broad SMARTS) is 1. The van der Waals surface area contributed by atoms with Gasteiger partial charge in [-0.25, -0.2) is 0 Å². The number of aliphatic carboxylic acids is 1. The van der Waals surface area contributed by atoms with Crippen LogP contribution in [0, 0.1) is 0 Å². The molecule has 0 aromatic heterocycles. The molecule has 0 aromatic carbocycles. The van der Waals surface area contributed by atoms with E-state index in [2.05, 4.69) is 19.2 Å². The molecule has 0 amide bonds. The molecule has 4 nitrogen and oxygen atoms in total. The molecular formula is C8H16N2O2. The van der Waals surface area contributed by atoms with Crippen LogP contribution in [0.2, 0.25) is 0 Å². The molecule has 70 valence electrons. The summed E-state index contributed by atoms with van der Waals surface area (Å²) >= 11 is 0. The maximum Gasteiger partial charge on any atom is 0.317 e. The van der Waals surface area contributed by atoms with Crippen LogP contribution in [-0.2, 0) is 4.79 Å². The first-order valence-corrected chi connectivity index (χ1v) is 4.20. The zero-order valence-electron chi connectivity index (χ0n) is 7.63. The fourth-order valence-electron chi connectivity index (χ4n) is 1.48. The van der Waals surface area contributed by atoms with E-state index in [9.17, 15) is 4.79 Å². The van der Waals surface area contributed by atoms with Gasteiger partial charge in [0.1, 0.15) is 0 Å². The van der Waals surface area contributed by atoms with Crippen molar-refractivity contribution in [3.63, 3.8) is 0 Å². The third-order valence-corrected chi connectivity index (χ3v) is 2.30. The molecule has 0 aromatic rings. The minimum absolute atomic E-state index is 0.0311. The van der Waals surface area contributed by atoms with Gasteiger partial charge in [-0.05, 0) is 13.8 Å². The lowest BCUT2D eigenvalue weighted by Gasteiger charge is -2.41. The van der Waals surface area contributed by atoms with E-state index in [0.717, 1.165) is 19.6 Å². The normalized spacial score (nSPS) is 23.8. The Balaban J connectivity index is 2.54. The van der Waals surface area contributed by atoms with E-state index in [-0.39, 0.29) is 12.1 Å². The standard InChI is InChI=1S/C8H16N2O2/c1-8(2)6-9-3-4-10(8)5-7(11)12/h9H,3-6H2,1-2H3,(H,11,12). The maximum absolute atomic E-state index is 10.5. The topological polar surface area (TPSA) is 52.6 Å². The van der Waals surface area contributed by atoms with E-state index in [4.69, 9.17) is 5.11 Å². The van der Waals surface area contributed by atoms with Crippen molar-refractivity contribution in [3.8, 4) is 0 Å². The number of nitrogens with zero attached hydrogens (tertiary/aromatic N) is 1. The van der Waals surface area contributed by atoms with Crippen molar-refractivity contribution in [1.29, 1.82) is 0 Å². The second-order valence-electron chi connectivity index (χ2n) is 3.80. The molecule has 1 fully saturated rings. The second-order valence-corrected chi connectivity index (χ2v) is 3.80. The highest BCUT2D eigenvalue weighted by atomic mass is 16.4. The van der Waals surface area contributed by atoms with E-state index < -0.39 is 5.97 Å². The van der Waals surface area contributed by atoms with Crippen molar-refractivity contribution in [2.45, 2.75) is 19.4 Å². The van der Waals surface area contributed by atoms with Crippen molar-refractivity contribution < 1.29 is 9.90 Å². The highest BCUT2D eigenvalue weighted by Crippen LogP contribution is 2.14. The fraction of sp³-hybridized carbons (Fsp3) is 0.875. The van der Waals surface area contributed by atoms with Gasteiger partial charge in [-0.2, -0.15) is 0 Å². The lowest BCUT2D eigenvalue weighted by Crippen LogP contribution is -2.58. The Morgan fingerprint density at radius 1 is 1.67 bits per heavy atom. The second kappa shape index (κ2) is 3.41. The summed E-state index contributed by atoms with van der Waals surface area (Å²) in [5.41, 5.74) is -0.0311. The summed E-state index contributed by atoms with van der Waals surface area (Å²) < 4.78 is 0. The van der Waals surface area contributed by atoms with Crippen molar-refractivity contribution in [1.82, 2.24) is 10.2 Å². The summed E-state index contributed by atoms with van der Waals surface area (Å²) in [6.07, 6.45) is 0. The third kappa shape index (κ3) is 2.19. The zero-order valence-corrected chi connectivity index (χ0v) is 7.63. The Morgan fingerprint density at radius 3 is 2.83 bits per heavy atom. The van der Waals surface area contributed by atoms with E-state index in [1.807, 2.05) is 4.90 Å². The summed E-state index contributed by atoms with van der Waals surface area (Å²) in [6.45, 7) is 6.83. The number of hydrogen-bond donors (Lipinski definition) is 2. The quantitative estimate of drug-likeness (QED) is 0.603. The predicted molar refractivity (Wildman–Crippen MR) is 46.2 cm³/mol. The Hall–Kier alpha value is -0.610. The number of rotatable bonds is 2. The van der Waals surface area contributed by atoms with Gasteiger partial charge in [-0.15, -0.1) is 0 Å². The molecule has 1 heterocycles. The molecule has 0 radical (unpaired) electrons. The van der Waals surface area contributed by atoms with Crippen LogP contribution in [0.15, 0.2) is 0 Å². The summed E-state index contributed by atoms with van der Waals surface area (Å²) in [7, 11) is 0. The molecule has 1 aliphatic heterocycles. The van der Waals surface area contributed by atoms with E-state index in [1.165, 1.54) is 0 Å². The first-order chi connectivity index (χ1) is 5.52. The van der Waals surface area contributed by atoms with Crippen LogP contribution in [0.5, 0.6) is 0 Å². The van der Waals surface area contributed by atoms with Crippen LogP contribution in [-0.4, -0.2) is 47.7 Å². The van der Waals surface area contributed by atoms with Crippen LogP contribution >= 0.6 is 0 Å². The highest BCUT2D eigenvalue weighted by Gasteiger charge is 2.30. The van der Waals surface area contributed by atoms with Gasteiger partial charge >= 0.3 is 5.97 Å². The molecule has 0 spiro atoms. The average molecular weight is 172 g/mol. The lowest BCUT2D eigenvalue weighted by atomic mass is 10.0. The van der Waals surface area contributed by atoms with Crippen LogP contribution in [0.4, 0.5) is 0 Å². The maximum atomic E-state index is 10.5. The van der Waals surface area contributed by atoms with Crippen molar-refractivity contribution >= 4 is 5.97 Å². The molecule has 2 N–H and O–H groups in total. The summed E-state index contributed by atoms with van der Waals surface area (Å²) in [5, 5.41) is 11.9. The molecule has 4 heteroatoms. The molecule has 0 saturated carbocycles. The Morgan fingerprint density at radius 2 is 2.33 bits per heavy atom. The minimum Gasteiger partial charge on any atom is -0.480 e. The first kappa shape index (κ1) is 9.48. The Bertz CT molecular complexity index is 180. The van der Waals surface area contributed by atoms with Gasteiger partial charge in [0.15, 0.2) is 0 Å². The summed E-state index contributed by atoms with van der Waals surface area (Å²) in [6, 6.07) is 0. The van der Waals surface area contributed by atoms with Crippen LogP contribution in [0.1, 0.15) is 13.8 Å². The van der Waals surface area contributed by atoms with Crippen molar-refractivity contribution in [3.05, 3.63) is 0 Å². The van der Waals surface area contributed by atoms with E-state index >= 15 is 0 Å². The molecule has 0 aliphatic carbocycles. The SMILES string of the molecule is CC1(C)CNCCN1CC(=O)O. The van der Waals surface area contributed by atoms with Crippen LogP contribution < -0.4 is 5.32 Å². The average Bonchev–Trinajstić information content (AvgIpc) is 1.92. The Labute approximate surface area is 72.6 Å². The fourth-order valence-corrected chi connectivity index (χ4v) is 1.48. The van der Waals surface area contributed by atoms with Gasteiger partial charge in [0.25, 0.3) is 0 Å². The number of carboxylic acids is 1. The van der Waals surface area contributed by atoms with Gasteiger partial charge in [-0.1, -0.05) is 0 Å². The minimum atomic E-state index is -0.745. The van der Waals surface area contributed by atoms with E-state index in [0.29, 0.717) is 0 Å². The smallest absolute Gasteiger partial charge is 0.317 e. The highest BCUT2D eigenvalue weighted by molar-refractivity contribution is 5.69. The van der Waals surface area contributed by atoms with Gasteiger partial charge in [-0.3, -0.25) is 9.69 Å². The molecule has 0 bridgehead atoms. The molecule has 12 heavy (non-hydrogen) atoms. The predicted octanol–water partition coefficient (Wildman–Crippen LogP) is -0.245. The summed E-state index contributed by atoms with van der Waals surface area (Å²) in [5.74, 6) is -0.745. The number of piperazine rings is 1. The number of carbonyl (C=O) groups is 1.